The van der Waals surface area contributed by atoms with E-state index in [0.717, 1.165) is 0 Å². The number of rotatable bonds is 12. The molecule has 222 valence electrons. The summed E-state index contributed by atoms with van der Waals surface area (Å²) in [7, 11) is 0. The third-order valence-corrected chi connectivity index (χ3v) is 2.72. The summed E-state index contributed by atoms with van der Waals surface area (Å²) in [6, 6.07) is 0. The van der Waals surface area contributed by atoms with Gasteiger partial charge in [-0.25, -0.2) is 0 Å². The molecule has 0 aromatic rings. The van der Waals surface area contributed by atoms with E-state index in [0.29, 0.717) is 38.5 Å². The summed E-state index contributed by atoms with van der Waals surface area (Å²) in [6.45, 7) is 10.8. The maximum Gasteiger partial charge on any atom is 0.0414 e. The predicted octanol–water partition coefficient (Wildman–Crippen LogP) is -2.78. The van der Waals surface area contributed by atoms with Crippen LogP contribution >= 0.6 is 0 Å². The molecular weight excluding hydrogens is 576 g/mol. The molecule has 0 amide bonds. The van der Waals surface area contributed by atoms with Gasteiger partial charge in [-0.1, -0.05) is 80.1 Å². The second kappa shape index (κ2) is 46.8. The minimum absolute atomic E-state index is 0. The van der Waals surface area contributed by atoms with Gasteiger partial charge in [-0.3, -0.25) is 0 Å². The average molecular weight is 619 g/mol. The van der Waals surface area contributed by atoms with Crippen molar-refractivity contribution < 1.29 is 80.5 Å². The van der Waals surface area contributed by atoms with Gasteiger partial charge in [-0.2, -0.15) is 0 Å². The summed E-state index contributed by atoms with van der Waals surface area (Å²) in [4.78, 5) is 56.9. The first-order valence-electron chi connectivity index (χ1n) is 11.8. The number of carboxylic acid groups (broad SMARTS) is 6. The fourth-order valence-electron chi connectivity index (χ4n) is 1.22. The van der Waals surface area contributed by atoms with Gasteiger partial charge < -0.3 is 59.4 Å². The molecule has 13 heteroatoms. The summed E-state index contributed by atoms with van der Waals surface area (Å²) in [5.41, 5.74) is 0. The first-order valence-corrected chi connectivity index (χ1v) is 11.8. The van der Waals surface area contributed by atoms with E-state index in [9.17, 15) is 59.4 Å². The molecule has 0 atom stereocenters. The summed E-state index contributed by atoms with van der Waals surface area (Å²) in [5.74, 6) is -5.76. The van der Waals surface area contributed by atoms with Crippen molar-refractivity contribution in [2.75, 3.05) is 0 Å². The molecule has 0 aromatic heterocycles. The van der Waals surface area contributed by atoms with Crippen molar-refractivity contribution in [3.63, 3.8) is 0 Å². The van der Waals surface area contributed by atoms with Gasteiger partial charge in [-0.05, 0) is 38.5 Å². The van der Waals surface area contributed by atoms with Crippen molar-refractivity contribution in [3.05, 3.63) is 0 Å². The van der Waals surface area contributed by atoms with Crippen LogP contribution in [0.2, 0.25) is 0 Å². The molecule has 0 bridgehead atoms. The second-order valence-electron chi connectivity index (χ2n) is 6.73. The Bertz CT molecular complexity index is 428. The molecule has 0 saturated carbocycles. The Balaban J connectivity index is -0.0000000581. The van der Waals surface area contributed by atoms with Crippen LogP contribution in [0.15, 0.2) is 0 Å². The van der Waals surface area contributed by atoms with E-state index in [-0.39, 0.29) is 59.6 Å². The molecule has 0 aliphatic heterocycles. The van der Waals surface area contributed by atoms with E-state index in [1.807, 2.05) is 0 Å². The Labute approximate surface area is 234 Å². The van der Waals surface area contributed by atoms with Crippen LogP contribution in [0.25, 0.3) is 0 Å². The fourth-order valence-corrected chi connectivity index (χ4v) is 1.22. The summed E-state index contributed by atoms with van der Waals surface area (Å²) in [6.07, 6.45) is 5.10. The zero-order valence-electron chi connectivity index (χ0n) is 22.8. The van der Waals surface area contributed by atoms with Gasteiger partial charge in [0.25, 0.3) is 0 Å². The minimum atomic E-state index is -0.961. The van der Waals surface area contributed by atoms with Gasteiger partial charge in [-0.15, -0.1) is 0 Å². The van der Waals surface area contributed by atoms with Crippen LogP contribution < -0.4 is 30.6 Å². The molecule has 0 aliphatic carbocycles. The third-order valence-electron chi connectivity index (χ3n) is 2.72. The minimum Gasteiger partial charge on any atom is -0.550 e. The predicted molar refractivity (Wildman–Crippen MR) is 119 cm³/mol. The SMILES string of the molecule is CCCC(=O)[O-].CCCC(=O)[O-].CCCC(=O)[O-].CCCC(=O)[O-].CCCC(=O)[O-].CCCC(=O)[O-].[Mo]. The van der Waals surface area contributed by atoms with Crippen molar-refractivity contribution >= 4 is 35.8 Å². The normalized spacial score (nSPS) is 7.95. The van der Waals surface area contributed by atoms with Gasteiger partial charge in [0.1, 0.15) is 0 Å². The molecule has 0 spiro atoms. The van der Waals surface area contributed by atoms with Crippen LogP contribution in [-0.2, 0) is 49.8 Å². The van der Waals surface area contributed by atoms with Crippen molar-refractivity contribution in [2.24, 2.45) is 0 Å². The molecule has 0 unspecified atom stereocenters. The van der Waals surface area contributed by atoms with Gasteiger partial charge in [0.15, 0.2) is 0 Å². The van der Waals surface area contributed by atoms with Gasteiger partial charge >= 0.3 is 0 Å². The van der Waals surface area contributed by atoms with E-state index in [1.54, 1.807) is 41.5 Å². The quantitative estimate of drug-likeness (QED) is 0.202. The van der Waals surface area contributed by atoms with E-state index >= 15 is 0 Å². The number of aliphatic carboxylic acids is 6. The molecule has 0 N–H and O–H groups in total. The van der Waals surface area contributed by atoms with Crippen molar-refractivity contribution in [1.29, 1.82) is 0 Å². The summed E-state index contributed by atoms with van der Waals surface area (Å²) >= 11 is 0. The smallest absolute Gasteiger partial charge is 0.0414 e. The molecule has 0 heterocycles. The zero-order chi connectivity index (χ0) is 29.9. The third kappa shape index (κ3) is 138. The molecular formula is C24H42MoO12-6. The van der Waals surface area contributed by atoms with Crippen LogP contribution in [0.5, 0.6) is 0 Å². The van der Waals surface area contributed by atoms with Gasteiger partial charge in [0.2, 0.25) is 0 Å². The van der Waals surface area contributed by atoms with Crippen LogP contribution in [0.1, 0.15) is 119 Å². The van der Waals surface area contributed by atoms with E-state index in [4.69, 9.17) is 0 Å². The number of carbonyl (C=O) groups is 6. The average Bonchev–Trinajstić information content (AvgIpc) is 2.69. The summed E-state index contributed by atoms with van der Waals surface area (Å²) < 4.78 is 0. The van der Waals surface area contributed by atoms with Crippen LogP contribution in [0.4, 0.5) is 0 Å². The first-order chi connectivity index (χ1) is 16.6. The maximum absolute atomic E-state index is 9.49. The van der Waals surface area contributed by atoms with Crippen LogP contribution in [0.3, 0.4) is 0 Å². The van der Waals surface area contributed by atoms with E-state index < -0.39 is 35.8 Å². The first kappa shape index (κ1) is 51.2. The molecule has 0 aliphatic rings. The Kier molecular flexibility index (Phi) is 64.8. The summed E-state index contributed by atoms with van der Waals surface area (Å²) in [5, 5.41) is 56.9. The van der Waals surface area contributed by atoms with Gasteiger partial charge in [0.05, 0.1) is 0 Å². The molecule has 0 aromatic carbocycles. The fraction of sp³-hybridized carbons (Fsp3) is 0.750. The molecule has 37 heavy (non-hydrogen) atoms. The maximum atomic E-state index is 9.49. The molecule has 0 radical (unpaired) electrons. The second-order valence-corrected chi connectivity index (χ2v) is 6.73. The van der Waals surface area contributed by atoms with E-state index in [1.165, 1.54) is 0 Å². The van der Waals surface area contributed by atoms with Crippen LogP contribution in [-0.4, -0.2) is 35.8 Å². The molecule has 12 nitrogen and oxygen atoms in total. The zero-order valence-corrected chi connectivity index (χ0v) is 24.8. The number of hydrogen-bond acceptors (Lipinski definition) is 12. The monoisotopic (exact) mass is 620 g/mol. The standard InChI is InChI=1S/6C4H8O2.Mo/c6*1-2-3-4(5)6;/h6*2-3H2,1H3,(H,5,6);/p-6. The Hall–Kier alpha value is -2.49. The van der Waals surface area contributed by atoms with Crippen LogP contribution in [0, 0.1) is 0 Å². The number of carbonyl (C=O) groups excluding carboxylic acids is 6. The molecule has 0 fully saturated rings. The van der Waals surface area contributed by atoms with Crippen molar-refractivity contribution in [2.45, 2.75) is 119 Å². The van der Waals surface area contributed by atoms with E-state index in [2.05, 4.69) is 0 Å². The van der Waals surface area contributed by atoms with Crippen molar-refractivity contribution in [1.82, 2.24) is 0 Å². The topological polar surface area (TPSA) is 241 Å². The number of carboxylic acids is 6. The van der Waals surface area contributed by atoms with Gasteiger partial charge in [0, 0.05) is 56.9 Å². The Morgan fingerprint density at radius 3 is 0.405 bits per heavy atom. The largest absolute Gasteiger partial charge is 0.550 e. The molecule has 0 rings (SSSR count). The Morgan fingerprint density at radius 2 is 0.405 bits per heavy atom. The van der Waals surface area contributed by atoms with Crippen molar-refractivity contribution in [3.8, 4) is 0 Å². The number of hydrogen-bond donors (Lipinski definition) is 0. The molecule has 0 saturated heterocycles. The Morgan fingerprint density at radius 1 is 0.324 bits per heavy atom.